The normalized spacial score (nSPS) is 21.1. The summed E-state index contributed by atoms with van der Waals surface area (Å²) in [5, 5.41) is 2.66. The fraction of sp³-hybridized carbons (Fsp3) is 0.296. The fourth-order valence-corrected chi connectivity index (χ4v) is 6.58. The number of fused-ring (bicyclic) bond motifs is 1. The van der Waals surface area contributed by atoms with E-state index in [0.29, 0.717) is 21.2 Å². The second-order valence-corrected chi connectivity index (χ2v) is 11.0. The molecule has 0 aliphatic carbocycles. The number of rotatable bonds is 5. The zero-order valence-corrected chi connectivity index (χ0v) is 22.9. The van der Waals surface area contributed by atoms with Gasteiger partial charge in [0.05, 0.1) is 23.9 Å². The first kappa shape index (κ1) is 25.7. The molecule has 1 aromatic heterocycles. The first-order valence-corrected chi connectivity index (χ1v) is 13.3. The highest BCUT2D eigenvalue weighted by Gasteiger charge is 2.61. The fourth-order valence-electron chi connectivity index (χ4n) is 4.90. The summed E-state index contributed by atoms with van der Waals surface area (Å²) in [6.07, 6.45) is -1.10. The zero-order valence-electron chi connectivity index (χ0n) is 20.6. The molecule has 0 radical (unpaired) electrons. The molecule has 192 valence electrons. The van der Waals surface area contributed by atoms with Crippen molar-refractivity contribution in [3.63, 3.8) is 0 Å². The second-order valence-electron chi connectivity index (χ2n) is 8.97. The first-order valence-electron chi connectivity index (χ1n) is 11.8. The third-order valence-corrected chi connectivity index (χ3v) is 8.55. The summed E-state index contributed by atoms with van der Waals surface area (Å²) in [6.45, 7) is 7.42. The summed E-state index contributed by atoms with van der Waals surface area (Å²) in [4.78, 5) is 48.8. The molecule has 37 heavy (non-hydrogen) atoms. The van der Waals surface area contributed by atoms with Crippen LogP contribution < -0.4 is 9.96 Å². The van der Waals surface area contributed by atoms with E-state index in [1.807, 2.05) is 38.1 Å². The van der Waals surface area contributed by atoms with Gasteiger partial charge in [-0.05, 0) is 62.6 Å². The monoisotopic (exact) mass is 558 g/mol. The minimum atomic E-state index is -1.10. The number of carbonyl (C=O) groups is 3. The molecule has 0 bridgehead atoms. The Morgan fingerprint density at radius 1 is 1.08 bits per heavy atom. The van der Waals surface area contributed by atoms with Crippen LogP contribution >= 0.6 is 34.5 Å². The number of thiophene rings is 1. The Morgan fingerprint density at radius 3 is 2.49 bits per heavy atom. The Kier molecular flexibility index (Phi) is 6.79. The van der Waals surface area contributed by atoms with Crippen molar-refractivity contribution in [2.45, 2.75) is 39.8 Å². The van der Waals surface area contributed by atoms with E-state index >= 15 is 0 Å². The smallest absolute Gasteiger partial charge is 0.341 e. The number of imide groups is 1. The van der Waals surface area contributed by atoms with Crippen LogP contribution in [0.1, 0.15) is 44.9 Å². The van der Waals surface area contributed by atoms with Gasteiger partial charge in [0.15, 0.2) is 6.10 Å². The van der Waals surface area contributed by atoms with Gasteiger partial charge in [-0.15, -0.1) is 11.3 Å². The summed E-state index contributed by atoms with van der Waals surface area (Å²) in [6, 6.07) is 11.9. The number of aryl methyl sites for hydroxylation is 2. The van der Waals surface area contributed by atoms with Crippen molar-refractivity contribution in [3.05, 3.63) is 79.6 Å². The maximum absolute atomic E-state index is 14.1. The number of hydroxylamine groups is 1. The van der Waals surface area contributed by atoms with Gasteiger partial charge in [0, 0.05) is 14.9 Å². The molecule has 2 fully saturated rings. The molecular weight excluding hydrogens is 535 g/mol. The van der Waals surface area contributed by atoms with Crippen LogP contribution in [0, 0.1) is 26.7 Å². The second kappa shape index (κ2) is 9.76. The van der Waals surface area contributed by atoms with E-state index in [1.54, 1.807) is 37.1 Å². The lowest BCUT2D eigenvalue weighted by atomic mass is 9.90. The van der Waals surface area contributed by atoms with Crippen LogP contribution in [-0.4, -0.2) is 30.5 Å². The number of benzene rings is 2. The highest BCUT2D eigenvalue weighted by molar-refractivity contribution is 7.17. The Labute approximate surface area is 228 Å². The van der Waals surface area contributed by atoms with Gasteiger partial charge >= 0.3 is 5.97 Å². The predicted molar refractivity (Wildman–Crippen MR) is 143 cm³/mol. The molecule has 5 rings (SSSR count). The van der Waals surface area contributed by atoms with Gasteiger partial charge in [0.2, 0.25) is 5.91 Å². The number of carbonyl (C=O) groups excluding carboxylic acids is 3. The molecule has 2 amide bonds. The van der Waals surface area contributed by atoms with E-state index < -0.39 is 35.8 Å². The Hall–Kier alpha value is -2.91. The van der Waals surface area contributed by atoms with Gasteiger partial charge in [0.25, 0.3) is 5.91 Å². The van der Waals surface area contributed by atoms with Gasteiger partial charge in [-0.1, -0.05) is 47.5 Å². The van der Waals surface area contributed by atoms with E-state index in [4.69, 9.17) is 32.8 Å². The van der Waals surface area contributed by atoms with Gasteiger partial charge < -0.3 is 4.74 Å². The molecule has 2 saturated heterocycles. The number of para-hydroxylation sites is 1. The van der Waals surface area contributed by atoms with Gasteiger partial charge in [-0.25, -0.2) is 14.8 Å². The lowest BCUT2D eigenvalue weighted by Crippen LogP contribution is -2.38. The summed E-state index contributed by atoms with van der Waals surface area (Å²) in [5.74, 6) is -2.47. The molecule has 0 saturated carbocycles. The van der Waals surface area contributed by atoms with Crippen LogP contribution in [0.5, 0.6) is 0 Å². The molecule has 2 aromatic carbocycles. The molecule has 3 aromatic rings. The summed E-state index contributed by atoms with van der Waals surface area (Å²) in [5.41, 5.74) is 3.13. The first-order chi connectivity index (χ1) is 17.6. The standard InChI is InChI=1S/C27H24Cl2N2O5S/c1-5-35-27(34)20-14(3)15(4)37-26(20)30-24(32)21-22(17-11-10-16(28)12-18(17)29)31(36-23(21)25(30)33)19-9-7-6-8-13(19)2/h6-12,21-23H,5H2,1-4H3/t21-,22-,23-/m0/s1. The number of anilines is 2. The number of nitrogens with zero attached hydrogens (tertiary/aromatic N) is 2. The highest BCUT2D eigenvalue weighted by atomic mass is 35.5. The molecule has 2 aliphatic rings. The minimum absolute atomic E-state index is 0.172. The largest absolute Gasteiger partial charge is 0.462 e. The number of ether oxygens (including phenoxy) is 1. The Bertz CT molecular complexity index is 1440. The topological polar surface area (TPSA) is 76.2 Å². The highest BCUT2D eigenvalue weighted by Crippen LogP contribution is 2.51. The van der Waals surface area contributed by atoms with Crippen LogP contribution in [0.2, 0.25) is 10.0 Å². The van der Waals surface area contributed by atoms with Crippen molar-refractivity contribution >= 4 is 63.0 Å². The van der Waals surface area contributed by atoms with Crippen LogP contribution in [0.25, 0.3) is 0 Å². The molecule has 3 atom stereocenters. The third kappa shape index (κ3) is 4.12. The van der Waals surface area contributed by atoms with Crippen molar-refractivity contribution in [3.8, 4) is 0 Å². The molecule has 2 aliphatic heterocycles. The molecule has 3 heterocycles. The summed E-state index contributed by atoms with van der Waals surface area (Å²) < 4.78 is 5.24. The van der Waals surface area contributed by atoms with E-state index in [2.05, 4.69) is 0 Å². The zero-order chi connectivity index (χ0) is 26.6. The van der Waals surface area contributed by atoms with Crippen LogP contribution in [-0.2, 0) is 19.2 Å². The van der Waals surface area contributed by atoms with Crippen molar-refractivity contribution in [2.75, 3.05) is 16.6 Å². The van der Waals surface area contributed by atoms with Gasteiger partial charge in [-0.3, -0.25) is 14.4 Å². The van der Waals surface area contributed by atoms with E-state index in [-0.39, 0.29) is 17.2 Å². The van der Waals surface area contributed by atoms with Crippen LogP contribution in [0.4, 0.5) is 10.7 Å². The maximum Gasteiger partial charge on any atom is 0.341 e. The maximum atomic E-state index is 14.1. The number of halogens is 2. The van der Waals surface area contributed by atoms with E-state index in [1.165, 1.54) is 11.3 Å². The SMILES string of the molecule is CCOC(=O)c1c(N2C(=O)[C@@H]3[C@H](ON(c4ccccc4C)[C@H]3c3ccc(Cl)cc3Cl)C2=O)sc(C)c1C. The van der Waals surface area contributed by atoms with E-state index in [9.17, 15) is 14.4 Å². The molecule has 0 unspecified atom stereocenters. The lowest BCUT2D eigenvalue weighted by Gasteiger charge is -2.30. The van der Waals surface area contributed by atoms with Crippen molar-refractivity contribution in [1.29, 1.82) is 0 Å². The Balaban J connectivity index is 1.63. The van der Waals surface area contributed by atoms with Crippen molar-refractivity contribution in [1.82, 2.24) is 0 Å². The van der Waals surface area contributed by atoms with Crippen molar-refractivity contribution in [2.24, 2.45) is 5.92 Å². The quantitative estimate of drug-likeness (QED) is 0.274. The molecule has 10 heteroatoms. The average molecular weight is 559 g/mol. The van der Waals surface area contributed by atoms with Crippen LogP contribution in [0.15, 0.2) is 42.5 Å². The van der Waals surface area contributed by atoms with Gasteiger partial charge in [-0.2, -0.15) is 0 Å². The third-order valence-electron chi connectivity index (χ3n) is 6.80. The Morgan fingerprint density at radius 2 is 1.81 bits per heavy atom. The summed E-state index contributed by atoms with van der Waals surface area (Å²) in [7, 11) is 0. The molecular formula is C27H24Cl2N2O5S. The average Bonchev–Trinajstić information content (AvgIpc) is 3.45. The number of hydrogen-bond acceptors (Lipinski definition) is 7. The molecule has 0 N–H and O–H groups in total. The van der Waals surface area contributed by atoms with Crippen LogP contribution in [0.3, 0.4) is 0 Å². The lowest BCUT2D eigenvalue weighted by molar-refractivity contribution is -0.126. The molecule has 0 spiro atoms. The van der Waals surface area contributed by atoms with E-state index in [0.717, 1.165) is 21.0 Å². The number of amides is 2. The molecule has 7 nitrogen and oxygen atoms in total. The van der Waals surface area contributed by atoms with Crippen molar-refractivity contribution < 1.29 is 24.0 Å². The number of esters is 1. The predicted octanol–water partition coefficient (Wildman–Crippen LogP) is 6.21. The number of hydrogen-bond donors (Lipinski definition) is 0. The van der Waals surface area contributed by atoms with Gasteiger partial charge in [0.1, 0.15) is 10.9 Å². The minimum Gasteiger partial charge on any atom is -0.462 e. The summed E-state index contributed by atoms with van der Waals surface area (Å²) >= 11 is 14.0.